The molecular formula is C16H13FN2O. The topological polar surface area (TPSA) is 44.9 Å². The molecule has 100 valence electrons. The predicted molar refractivity (Wildman–Crippen MR) is 75.9 cm³/mol. The summed E-state index contributed by atoms with van der Waals surface area (Å²) in [6.07, 6.45) is 1.79. The lowest BCUT2D eigenvalue weighted by atomic mass is 10.1. The van der Waals surface area contributed by atoms with Gasteiger partial charge in [0.25, 0.3) is 5.91 Å². The Balaban J connectivity index is 1.80. The van der Waals surface area contributed by atoms with Crippen molar-refractivity contribution in [3.8, 4) is 0 Å². The molecule has 0 spiro atoms. The van der Waals surface area contributed by atoms with Crippen molar-refractivity contribution in [1.29, 1.82) is 0 Å². The van der Waals surface area contributed by atoms with E-state index in [9.17, 15) is 9.18 Å². The molecule has 0 unspecified atom stereocenters. The van der Waals surface area contributed by atoms with Gasteiger partial charge in [0.15, 0.2) is 0 Å². The number of nitrogens with one attached hydrogen (secondary N) is 2. The van der Waals surface area contributed by atoms with E-state index in [4.69, 9.17) is 0 Å². The number of hydrogen-bond acceptors (Lipinski definition) is 1. The van der Waals surface area contributed by atoms with Crippen molar-refractivity contribution in [2.75, 3.05) is 0 Å². The summed E-state index contributed by atoms with van der Waals surface area (Å²) in [5.74, 6) is -0.535. The van der Waals surface area contributed by atoms with Crippen LogP contribution in [-0.2, 0) is 6.54 Å². The van der Waals surface area contributed by atoms with Gasteiger partial charge in [-0.15, -0.1) is 0 Å². The van der Waals surface area contributed by atoms with Crippen molar-refractivity contribution in [2.45, 2.75) is 6.54 Å². The summed E-state index contributed by atoms with van der Waals surface area (Å²) in [5.41, 5.74) is 1.82. The van der Waals surface area contributed by atoms with Crippen LogP contribution in [0, 0.1) is 5.82 Å². The third kappa shape index (κ3) is 2.28. The number of aromatic amines is 1. The average molecular weight is 268 g/mol. The minimum Gasteiger partial charge on any atom is -0.361 e. The Morgan fingerprint density at radius 2 is 1.95 bits per heavy atom. The van der Waals surface area contributed by atoms with Crippen LogP contribution in [0.1, 0.15) is 15.9 Å². The number of H-pyrrole nitrogens is 1. The largest absolute Gasteiger partial charge is 0.361 e. The lowest BCUT2D eigenvalue weighted by Gasteiger charge is -2.07. The number of benzene rings is 2. The van der Waals surface area contributed by atoms with Gasteiger partial charge in [-0.1, -0.05) is 30.3 Å². The van der Waals surface area contributed by atoms with Gasteiger partial charge < -0.3 is 10.3 Å². The van der Waals surface area contributed by atoms with Gasteiger partial charge >= 0.3 is 0 Å². The highest BCUT2D eigenvalue weighted by Crippen LogP contribution is 2.17. The van der Waals surface area contributed by atoms with Gasteiger partial charge in [0.2, 0.25) is 0 Å². The van der Waals surface area contributed by atoms with Crippen molar-refractivity contribution in [1.82, 2.24) is 10.3 Å². The Morgan fingerprint density at radius 3 is 2.80 bits per heavy atom. The molecule has 1 amide bonds. The molecule has 3 rings (SSSR count). The molecule has 4 heteroatoms. The molecule has 0 atom stereocenters. The summed E-state index contributed by atoms with van der Waals surface area (Å²) in [7, 11) is 0. The first kappa shape index (κ1) is 12.4. The summed E-state index contributed by atoms with van der Waals surface area (Å²) in [6, 6.07) is 13.8. The summed E-state index contributed by atoms with van der Waals surface area (Å²) in [6.45, 7) is 0.169. The third-order valence-corrected chi connectivity index (χ3v) is 3.23. The average Bonchev–Trinajstić information content (AvgIpc) is 2.94. The van der Waals surface area contributed by atoms with Gasteiger partial charge in [-0.05, 0) is 18.2 Å². The number of halogens is 1. The van der Waals surface area contributed by atoms with E-state index in [-0.39, 0.29) is 18.3 Å². The van der Waals surface area contributed by atoms with Gasteiger partial charge in [-0.2, -0.15) is 0 Å². The molecule has 0 radical (unpaired) electrons. The second-order valence-corrected chi connectivity index (χ2v) is 4.52. The minimum absolute atomic E-state index is 0.169. The number of amides is 1. The van der Waals surface area contributed by atoms with E-state index in [0.717, 1.165) is 10.9 Å². The van der Waals surface area contributed by atoms with Crippen molar-refractivity contribution in [3.63, 3.8) is 0 Å². The van der Waals surface area contributed by atoms with Crippen molar-refractivity contribution >= 4 is 16.8 Å². The molecular weight excluding hydrogens is 255 g/mol. The normalized spacial score (nSPS) is 10.7. The fraction of sp³-hybridized carbons (Fsp3) is 0.0625. The van der Waals surface area contributed by atoms with Gasteiger partial charge in [-0.3, -0.25) is 4.79 Å². The molecule has 0 aliphatic rings. The van der Waals surface area contributed by atoms with Crippen LogP contribution in [0.4, 0.5) is 4.39 Å². The molecule has 20 heavy (non-hydrogen) atoms. The van der Waals surface area contributed by atoms with Gasteiger partial charge in [0, 0.05) is 23.7 Å². The maximum Gasteiger partial charge on any atom is 0.253 e. The molecule has 3 aromatic rings. The van der Waals surface area contributed by atoms with Crippen LogP contribution < -0.4 is 5.32 Å². The summed E-state index contributed by atoms with van der Waals surface area (Å²) >= 11 is 0. The van der Waals surface area contributed by atoms with Crippen LogP contribution in [0.2, 0.25) is 0 Å². The van der Waals surface area contributed by atoms with Crippen LogP contribution >= 0.6 is 0 Å². The van der Waals surface area contributed by atoms with E-state index in [0.29, 0.717) is 11.1 Å². The van der Waals surface area contributed by atoms with Crippen molar-refractivity contribution in [2.24, 2.45) is 0 Å². The number of rotatable bonds is 3. The van der Waals surface area contributed by atoms with E-state index in [2.05, 4.69) is 10.3 Å². The van der Waals surface area contributed by atoms with Crippen LogP contribution in [0.5, 0.6) is 0 Å². The first-order chi connectivity index (χ1) is 9.75. The second-order valence-electron chi connectivity index (χ2n) is 4.52. The smallest absolute Gasteiger partial charge is 0.253 e. The highest BCUT2D eigenvalue weighted by Gasteiger charge is 2.11. The molecule has 0 aliphatic heterocycles. The zero-order chi connectivity index (χ0) is 13.9. The molecule has 2 aromatic carbocycles. The van der Waals surface area contributed by atoms with Crippen LogP contribution in [0.15, 0.2) is 54.7 Å². The van der Waals surface area contributed by atoms with Gasteiger partial charge in [-0.25, -0.2) is 4.39 Å². The SMILES string of the molecule is O=C(NCc1ccccc1F)c1cccc2cc[nH]c12. The zero-order valence-electron chi connectivity index (χ0n) is 10.7. The molecule has 1 heterocycles. The molecule has 1 aromatic heterocycles. The first-order valence-corrected chi connectivity index (χ1v) is 6.33. The molecule has 0 saturated carbocycles. The van der Waals surface area contributed by atoms with Crippen LogP contribution in [0.3, 0.4) is 0 Å². The summed E-state index contributed by atoms with van der Waals surface area (Å²) < 4.78 is 13.5. The Labute approximate surface area is 115 Å². The van der Waals surface area contributed by atoms with E-state index >= 15 is 0 Å². The zero-order valence-corrected chi connectivity index (χ0v) is 10.7. The monoisotopic (exact) mass is 268 g/mol. The lowest BCUT2D eigenvalue weighted by molar-refractivity contribution is 0.0952. The second kappa shape index (κ2) is 5.17. The summed E-state index contributed by atoms with van der Waals surface area (Å²) in [5, 5.41) is 3.71. The Hall–Kier alpha value is -2.62. The highest BCUT2D eigenvalue weighted by atomic mass is 19.1. The minimum atomic E-state index is -0.314. The van der Waals surface area contributed by atoms with Crippen LogP contribution in [-0.4, -0.2) is 10.9 Å². The molecule has 0 saturated heterocycles. The molecule has 3 nitrogen and oxygen atoms in total. The number of para-hydroxylation sites is 1. The maximum atomic E-state index is 13.5. The number of hydrogen-bond donors (Lipinski definition) is 2. The van der Waals surface area contributed by atoms with E-state index in [1.54, 1.807) is 30.5 Å². The van der Waals surface area contributed by atoms with E-state index in [1.165, 1.54) is 6.07 Å². The fourth-order valence-electron chi connectivity index (χ4n) is 2.19. The number of fused-ring (bicyclic) bond motifs is 1. The Kier molecular flexibility index (Phi) is 3.21. The maximum absolute atomic E-state index is 13.5. The molecule has 0 fully saturated rings. The Morgan fingerprint density at radius 1 is 1.10 bits per heavy atom. The molecule has 0 bridgehead atoms. The first-order valence-electron chi connectivity index (χ1n) is 6.33. The van der Waals surface area contributed by atoms with Gasteiger partial charge in [0.05, 0.1) is 11.1 Å². The van der Waals surface area contributed by atoms with E-state index < -0.39 is 0 Å². The number of aromatic nitrogens is 1. The van der Waals surface area contributed by atoms with Crippen LogP contribution in [0.25, 0.3) is 10.9 Å². The molecule has 0 aliphatic carbocycles. The van der Waals surface area contributed by atoms with Crippen molar-refractivity contribution < 1.29 is 9.18 Å². The standard InChI is InChI=1S/C16H13FN2O/c17-14-7-2-1-4-12(14)10-19-16(20)13-6-3-5-11-8-9-18-15(11)13/h1-9,18H,10H2,(H,19,20). The number of carbonyl (C=O) groups is 1. The predicted octanol–water partition coefficient (Wildman–Crippen LogP) is 3.24. The van der Waals surface area contributed by atoms with Gasteiger partial charge in [0.1, 0.15) is 5.82 Å². The highest BCUT2D eigenvalue weighted by molar-refractivity contribution is 6.05. The third-order valence-electron chi connectivity index (χ3n) is 3.23. The quantitative estimate of drug-likeness (QED) is 0.752. The van der Waals surface area contributed by atoms with E-state index in [1.807, 2.05) is 18.2 Å². The molecule has 2 N–H and O–H groups in total. The summed E-state index contributed by atoms with van der Waals surface area (Å²) in [4.78, 5) is 15.2. The fourth-order valence-corrected chi connectivity index (χ4v) is 2.19. The lowest BCUT2D eigenvalue weighted by Crippen LogP contribution is -2.23. The Bertz CT molecular complexity index is 764. The van der Waals surface area contributed by atoms with Crippen molar-refractivity contribution in [3.05, 3.63) is 71.7 Å². The number of carbonyl (C=O) groups excluding carboxylic acids is 1.